The Kier molecular flexibility index (Phi) is 4.36. The lowest BCUT2D eigenvalue weighted by Gasteiger charge is -2.00. The molecule has 1 aromatic rings. The smallest absolute Gasteiger partial charge is 0.213 e. The van der Waals surface area contributed by atoms with Crippen LogP contribution in [0.5, 0.6) is 0 Å². The van der Waals surface area contributed by atoms with E-state index in [1.165, 1.54) is 17.4 Å². The number of aryl methyl sites for hydroxylation is 1. The van der Waals surface area contributed by atoms with Gasteiger partial charge in [-0.2, -0.15) is 13.3 Å². The van der Waals surface area contributed by atoms with E-state index >= 15 is 0 Å². The Morgan fingerprint density at radius 2 is 2.27 bits per heavy atom. The van der Waals surface area contributed by atoms with Crippen LogP contribution in [-0.2, 0) is 25.3 Å². The fraction of sp³-hybridized carbons (Fsp3) is 0.429. The third-order valence-electron chi connectivity index (χ3n) is 1.61. The van der Waals surface area contributed by atoms with Gasteiger partial charge in [0, 0.05) is 4.88 Å². The zero-order chi connectivity index (χ0) is 11.5. The summed E-state index contributed by atoms with van der Waals surface area (Å²) < 4.78 is 37.8. The fourth-order valence-corrected chi connectivity index (χ4v) is 3.94. The van der Waals surface area contributed by atoms with E-state index in [2.05, 4.69) is 4.18 Å². The molecule has 0 saturated carbocycles. The van der Waals surface area contributed by atoms with Gasteiger partial charge < -0.3 is 0 Å². The summed E-state index contributed by atoms with van der Waals surface area (Å²) >= 11 is 1.32. The van der Waals surface area contributed by atoms with Crippen LogP contribution in [0.4, 0.5) is 0 Å². The standard InChI is InChI=1S/C7H9O5PS2/c1-2-6-7(3-4-14-6)15(10,11)12-5-13(8)9/h3-4H,2,5H2,1H3/p+1. The van der Waals surface area contributed by atoms with Crippen LogP contribution in [0.3, 0.4) is 0 Å². The third kappa shape index (κ3) is 3.32. The highest BCUT2D eigenvalue weighted by Gasteiger charge is 2.24. The molecule has 0 aromatic carbocycles. The molecule has 0 aliphatic carbocycles. The average molecular weight is 269 g/mol. The van der Waals surface area contributed by atoms with Crippen LogP contribution in [0.15, 0.2) is 16.3 Å². The molecule has 0 radical (unpaired) electrons. The second kappa shape index (κ2) is 5.14. The molecular formula is C7H10O5PS2+. The summed E-state index contributed by atoms with van der Waals surface area (Å²) in [6, 6.07) is 1.43. The Morgan fingerprint density at radius 3 is 2.80 bits per heavy atom. The maximum absolute atomic E-state index is 11.5. The summed E-state index contributed by atoms with van der Waals surface area (Å²) in [5.41, 5.74) is 0. The topological polar surface area (TPSA) is 80.7 Å². The van der Waals surface area contributed by atoms with Gasteiger partial charge in [0.05, 0.1) is 0 Å². The lowest BCUT2D eigenvalue weighted by atomic mass is 10.4. The van der Waals surface area contributed by atoms with E-state index in [9.17, 15) is 13.0 Å². The van der Waals surface area contributed by atoms with Crippen molar-refractivity contribution in [3.8, 4) is 0 Å². The van der Waals surface area contributed by atoms with E-state index in [4.69, 9.17) is 4.89 Å². The lowest BCUT2D eigenvalue weighted by molar-refractivity contribution is 0.355. The predicted octanol–water partition coefficient (Wildman–Crippen LogP) is 1.71. The van der Waals surface area contributed by atoms with Gasteiger partial charge in [-0.05, 0) is 22.4 Å². The van der Waals surface area contributed by atoms with E-state index in [-0.39, 0.29) is 4.90 Å². The molecule has 1 N–H and O–H groups in total. The van der Waals surface area contributed by atoms with Gasteiger partial charge >= 0.3 is 18.1 Å². The van der Waals surface area contributed by atoms with Crippen LogP contribution in [-0.4, -0.2) is 19.7 Å². The van der Waals surface area contributed by atoms with Gasteiger partial charge in [-0.3, -0.25) is 0 Å². The first-order valence-corrected chi connectivity index (χ1v) is 7.75. The Morgan fingerprint density at radius 1 is 1.60 bits per heavy atom. The van der Waals surface area contributed by atoms with Crippen molar-refractivity contribution in [3.63, 3.8) is 0 Å². The molecule has 0 aliphatic heterocycles. The first-order chi connectivity index (χ1) is 6.97. The molecule has 0 bridgehead atoms. The van der Waals surface area contributed by atoms with Crippen LogP contribution in [0, 0.1) is 0 Å². The molecule has 1 unspecified atom stereocenters. The molecule has 0 saturated heterocycles. The first kappa shape index (κ1) is 12.7. The van der Waals surface area contributed by atoms with Crippen molar-refractivity contribution in [2.75, 3.05) is 6.35 Å². The van der Waals surface area contributed by atoms with Crippen molar-refractivity contribution in [1.82, 2.24) is 0 Å². The summed E-state index contributed by atoms with van der Waals surface area (Å²) in [4.78, 5) is 9.24. The van der Waals surface area contributed by atoms with Gasteiger partial charge in [0.1, 0.15) is 4.90 Å². The van der Waals surface area contributed by atoms with E-state index in [1.807, 2.05) is 6.92 Å². The predicted molar refractivity (Wildman–Crippen MR) is 56.7 cm³/mol. The second-order valence-corrected chi connectivity index (χ2v) is 6.16. The third-order valence-corrected chi connectivity index (χ3v) is 4.68. The normalized spacial score (nSPS) is 12.8. The van der Waals surface area contributed by atoms with Gasteiger partial charge in [0.15, 0.2) is 0 Å². The largest absolute Gasteiger partial charge is 0.535 e. The van der Waals surface area contributed by atoms with Crippen molar-refractivity contribution in [2.24, 2.45) is 0 Å². The summed E-state index contributed by atoms with van der Waals surface area (Å²) in [6.07, 6.45) is -0.114. The highest BCUT2D eigenvalue weighted by molar-refractivity contribution is 7.87. The van der Waals surface area contributed by atoms with Gasteiger partial charge in [0.25, 0.3) is 6.35 Å². The van der Waals surface area contributed by atoms with E-state index < -0.39 is 24.5 Å². The van der Waals surface area contributed by atoms with E-state index in [0.717, 1.165) is 0 Å². The molecule has 15 heavy (non-hydrogen) atoms. The number of rotatable bonds is 5. The molecular weight excluding hydrogens is 259 g/mol. The Balaban J connectivity index is 2.91. The highest BCUT2D eigenvalue weighted by Crippen LogP contribution is 2.26. The summed E-state index contributed by atoms with van der Waals surface area (Å²) in [5, 5.41) is 1.65. The van der Waals surface area contributed by atoms with Crippen molar-refractivity contribution < 1.29 is 22.1 Å². The first-order valence-electron chi connectivity index (χ1n) is 4.06. The molecule has 1 atom stereocenters. The van der Waals surface area contributed by atoms with Crippen LogP contribution < -0.4 is 0 Å². The fourth-order valence-electron chi connectivity index (χ4n) is 0.987. The molecule has 5 nitrogen and oxygen atoms in total. The zero-order valence-electron chi connectivity index (χ0n) is 7.91. The van der Waals surface area contributed by atoms with Crippen LogP contribution >= 0.6 is 19.4 Å². The van der Waals surface area contributed by atoms with Crippen molar-refractivity contribution in [3.05, 3.63) is 16.3 Å². The molecule has 1 heterocycles. The van der Waals surface area contributed by atoms with E-state index in [1.54, 1.807) is 5.38 Å². The molecule has 0 fully saturated rings. The van der Waals surface area contributed by atoms with Gasteiger partial charge in [0.2, 0.25) is 0 Å². The molecule has 1 aromatic heterocycles. The highest BCUT2D eigenvalue weighted by atomic mass is 32.2. The Labute approximate surface area is 92.7 Å². The maximum Gasteiger partial charge on any atom is 0.535 e. The zero-order valence-corrected chi connectivity index (χ0v) is 10.4. The molecule has 0 spiro atoms. The average Bonchev–Trinajstić information content (AvgIpc) is 2.63. The minimum atomic E-state index is -3.89. The summed E-state index contributed by atoms with van der Waals surface area (Å²) in [5.74, 6) is 0. The molecule has 8 heteroatoms. The van der Waals surface area contributed by atoms with Crippen LogP contribution in [0.25, 0.3) is 0 Å². The Bertz CT molecular complexity index is 450. The van der Waals surface area contributed by atoms with Crippen LogP contribution in [0.2, 0.25) is 0 Å². The SMILES string of the molecule is CCc1sccc1S(=O)(=O)OC[P+](=O)O. The quantitative estimate of drug-likeness (QED) is 0.650. The van der Waals surface area contributed by atoms with E-state index in [0.29, 0.717) is 11.3 Å². The Hall–Kier alpha value is -0.330. The molecule has 1 rings (SSSR count). The molecule has 84 valence electrons. The van der Waals surface area contributed by atoms with Gasteiger partial charge in [-0.15, -0.1) is 11.3 Å². The number of hydrogen-bond acceptors (Lipinski definition) is 5. The van der Waals surface area contributed by atoms with Crippen LogP contribution in [0.1, 0.15) is 11.8 Å². The lowest BCUT2D eigenvalue weighted by Crippen LogP contribution is -2.06. The van der Waals surface area contributed by atoms with Crippen molar-refractivity contribution >= 4 is 29.5 Å². The number of thiophene rings is 1. The summed E-state index contributed by atoms with van der Waals surface area (Å²) in [7, 11) is -6.49. The second-order valence-electron chi connectivity index (χ2n) is 2.61. The van der Waals surface area contributed by atoms with Crippen molar-refractivity contribution in [2.45, 2.75) is 18.2 Å². The monoisotopic (exact) mass is 269 g/mol. The molecule has 0 amide bonds. The number of hydrogen-bond donors (Lipinski definition) is 1. The minimum Gasteiger partial charge on any atom is -0.213 e. The molecule has 0 aliphatic rings. The van der Waals surface area contributed by atoms with Gasteiger partial charge in [-0.1, -0.05) is 6.92 Å². The van der Waals surface area contributed by atoms with Gasteiger partial charge in [-0.25, -0.2) is 4.18 Å². The maximum atomic E-state index is 11.5. The summed E-state index contributed by atoms with van der Waals surface area (Å²) in [6.45, 7) is 1.83. The van der Waals surface area contributed by atoms with Crippen molar-refractivity contribution in [1.29, 1.82) is 0 Å². The minimum absolute atomic E-state index is 0.0897.